The molecule has 0 aromatic carbocycles. The van der Waals surface area contributed by atoms with Crippen molar-refractivity contribution in [3.8, 4) is 0 Å². The summed E-state index contributed by atoms with van der Waals surface area (Å²) in [5, 5.41) is 15.8. The largest absolute Gasteiger partial charge is 0.481 e. The predicted octanol–water partition coefficient (Wildman–Crippen LogP) is 1.85. The van der Waals surface area contributed by atoms with Crippen LogP contribution in [0.1, 0.15) is 40.0 Å². The van der Waals surface area contributed by atoms with Crippen molar-refractivity contribution in [1.29, 1.82) is 0 Å². The molecule has 122 valence electrons. The number of carbonyl (C=O) groups is 2. The summed E-state index contributed by atoms with van der Waals surface area (Å²) < 4.78 is 7.27. The molecular formula is C15H23N3O4. The molecule has 1 aliphatic heterocycles. The maximum absolute atomic E-state index is 12.3. The van der Waals surface area contributed by atoms with E-state index >= 15 is 0 Å². The van der Waals surface area contributed by atoms with Crippen LogP contribution in [-0.2, 0) is 19.9 Å². The number of carboxylic acids is 1. The summed E-state index contributed by atoms with van der Waals surface area (Å²) >= 11 is 0. The third-order valence-corrected chi connectivity index (χ3v) is 3.66. The molecule has 7 heteroatoms. The van der Waals surface area contributed by atoms with Gasteiger partial charge in [-0.25, -0.2) is 4.68 Å². The third kappa shape index (κ3) is 4.07. The van der Waals surface area contributed by atoms with Crippen LogP contribution in [0.4, 0.5) is 5.82 Å². The van der Waals surface area contributed by atoms with E-state index in [2.05, 4.69) is 10.4 Å². The molecule has 1 saturated heterocycles. The summed E-state index contributed by atoms with van der Waals surface area (Å²) in [6, 6.07) is 1.76. The Hall–Kier alpha value is -1.89. The van der Waals surface area contributed by atoms with Gasteiger partial charge in [-0.3, -0.25) is 9.59 Å². The molecule has 22 heavy (non-hydrogen) atoms. The van der Waals surface area contributed by atoms with E-state index in [1.807, 2.05) is 20.8 Å². The van der Waals surface area contributed by atoms with Crippen LogP contribution in [0.15, 0.2) is 12.3 Å². The average molecular weight is 309 g/mol. The highest BCUT2D eigenvalue weighted by Crippen LogP contribution is 2.25. The minimum Gasteiger partial charge on any atom is -0.481 e. The Morgan fingerprint density at radius 2 is 2.23 bits per heavy atom. The lowest BCUT2D eigenvalue weighted by atomic mass is 10.0. The molecule has 2 unspecified atom stereocenters. The van der Waals surface area contributed by atoms with E-state index in [0.717, 1.165) is 0 Å². The number of hydrogen-bond donors (Lipinski definition) is 2. The molecule has 2 atom stereocenters. The summed E-state index contributed by atoms with van der Waals surface area (Å²) in [5.41, 5.74) is -0.220. The normalized spacial score (nSPS) is 21.8. The number of nitrogens with zero attached hydrogens (tertiary/aromatic N) is 2. The van der Waals surface area contributed by atoms with Gasteiger partial charge in [0.1, 0.15) is 5.82 Å². The number of nitrogens with one attached hydrogen (secondary N) is 1. The molecule has 0 aliphatic carbocycles. The first kappa shape index (κ1) is 16.5. The fraction of sp³-hybridized carbons (Fsp3) is 0.667. The number of aromatic nitrogens is 2. The van der Waals surface area contributed by atoms with Gasteiger partial charge in [0.05, 0.1) is 30.4 Å². The molecule has 2 rings (SSSR count). The lowest BCUT2D eigenvalue weighted by Gasteiger charge is -2.22. The first-order valence-electron chi connectivity index (χ1n) is 7.46. The molecule has 1 aromatic heterocycles. The van der Waals surface area contributed by atoms with Gasteiger partial charge in [0.2, 0.25) is 5.91 Å². The second-order valence-electron chi connectivity index (χ2n) is 6.61. The topological polar surface area (TPSA) is 93.5 Å². The van der Waals surface area contributed by atoms with E-state index in [1.54, 1.807) is 16.9 Å². The van der Waals surface area contributed by atoms with E-state index < -0.39 is 5.97 Å². The SMILES string of the molecule is CC(C)(C)n1nccc1NC(=O)C1COC(CCC(=O)O)C1. The number of aliphatic carboxylic acids is 1. The minimum absolute atomic E-state index is 0.0653. The number of anilines is 1. The molecule has 1 aliphatic rings. The number of carboxylic acid groups (broad SMARTS) is 1. The van der Waals surface area contributed by atoms with Crippen molar-refractivity contribution in [3.05, 3.63) is 12.3 Å². The predicted molar refractivity (Wildman–Crippen MR) is 80.6 cm³/mol. The number of hydrogen-bond acceptors (Lipinski definition) is 4. The van der Waals surface area contributed by atoms with Crippen LogP contribution in [-0.4, -0.2) is 39.5 Å². The fourth-order valence-electron chi connectivity index (χ4n) is 2.53. The van der Waals surface area contributed by atoms with Crippen molar-refractivity contribution >= 4 is 17.7 Å². The first-order chi connectivity index (χ1) is 10.3. The van der Waals surface area contributed by atoms with Gasteiger partial charge < -0.3 is 15.2 Å². The van der Waals surface area contributed by atoms with E-state index in [-0.39, 0.29) is 29.9 Å². The summed E-state index contributed by atoms with van der Waals surface area (Å²) in [7, 11) is 0. The van der Waals surface area contributed by atoms with Gasteiger partial charge in [-0.05, 0) is 33.6 Å². The molecule has 0 spiro atoms. The quantitative estimate of drug-likeness (QED) is 0.865. The highest BCUT2D eigenvalue weighted by molar-refractivity contribution is 5.92. The zero-order valence-corrected chi connectivity index (χ0v) is 13.2. The van der Waals surface area contributed by atoms with Crippen LogP contribution >= 0.6 is 0 Å². The van der Waals surface area contributed by atoms with Crippen LogP contribution in [0, 0.1) is 5.92 Å². The second kappa shape index (κ2) is 6.48. The Labute approximate surface area is 129 Å². The molecule has 0 radical (unpaired) electrons. The molecule has 2 N–H and O–H groups in total. The Bertz CT molecular complexity index is 547. The third-order valence-electron chi connectivity index (χ3n) is 3.66. The number of amides is 1. The molecule has 1 fully saturated rings. The van der Waals surface area contributed by atoms with Crippen molar-refractivity contribution in [2.24, 2.45) is 5.92 Å². The van der Waals surface area contributed by atoms with Crippen LogP contribution in [0.5, 0.6) is 0 Å². The maximum Gasteiger partial charge on any atom is 0.303 e. The van der Waals surface area contributed by atoms with Gasteiger partial charge in [-0.1, -0.05) is 0 Å². The first-order valence-corrected chi connectivity index (χ1v) is 7.46. The van der Waals surface area contributed by atoms with Crippen molar-refractivity contribution in [3.63, 3.8) is 0 Å². The number of rotatable bonds is 5. The maximum atomic E-state index is 12.3. The Balaban J connectivity index is 1.91. The second-order valence-corrected chi connectivity index (χ2v) is 6.61. The average Bonchev–Trinajstić information content (AvgIpc) is 3.03. The van der Waals surface area contributed by atoms with Gasteiger partial charge in [0, 0.05) is 12.5 Å². The highest BCUT2D eigenvalue weighted by Gasteiger charge is 2.31. The van der Waals surface area contributed by atoms with E-state index in [0.29, 0.717) is 25.3 Å². The van der Waals surface area contributed by atoms with Gasteiger partial charge >= 0.3 is 5.97 Å². The summed E-state index contributed by atoms with van der Waals surface area (Å²) in [4.78, 5) is 22.9. The molecule has 1 aromatic rings. The standard InChI is InChI=1S/C15H23N3O4/c1-15(2,3)18-12(6-7-16-18)17-14(21)10-8-11(22-9-10)4-5-13(19)20/h6-7,10-11H,4-5,8-9H2,1-3H3,(H,17,21)(H,19,20). The van der Waals surface area contributed by atoms with Gasteiger partial charge in [-0.2, -0.15) is 5.10 Å². The molecule has 0 saturated carbocycles. The van der Waals surface area contributed by atoms with E-state index in [1.165, 1.54) is 0 Å². The van der Waals surface area contributed by atoms with Crippen LogP contribution < -0.4 is 5.32 Å². The smallest absolute Gasteiger partial charge is 0.303 e. The summed E-state index contributed by atoms with van der Waals surface area (Å²) in [5.74, 6) is -0.539. The molecule has 0 bridgehead atoms. The Morgan fingerprint density at radius 1 is 1.50 bits per heavy atom. The minimum atomic E-state index is -0.842. The van der Waals surface area contributed by atoms with Crippen molar-refractivity contribution in [2.45, 2.75) is 51.7 Å². The lowest BCUT2D eigenvalue weighted by molar-refractivity contribution is -0.137. The van der Waals surface area contributed by atoms with Crippen molar-refractivity contribution in [2.75, 3.05) is 11.9 Å². The zero-order chi connectivity index (χ0) is 16.3. The van der Waals surface area contributed by atoms with Gasteiger partial charge in [0.15, 0.2) is 0 Å². The van der Waals surface area contributed by atoms with Crippen LogP contribution in [0.25, 0.3) is 0 Å². The highest BCUT2D eigenvalue weighted by atomic mass is 16.5. The molecule has 1 amide bonds. The monoisotopic (exact) mass is 309 g/mol. The van der Waals surface area contributed by atoms with Crippen LogP contribution in [0.3, 0.4) is 0 Å². The summed E-state index contributed by atoms with van der Waals surface area (Å²) in [6.07, 6.45) is 2.57. The number of ether oxygens (including phenoxy) is 1. The molecule has 2 heterocycles. The van der Waals surface area contributed by atoms with Gasteiger partial charge in [-0.15, -0.1) is 0 Å². The zero-order valence-electron chi connectivity index (χ0n) is 13.2. The Morgan fingerprint density at radius 3 is 2.86 bits per heavy atom. The molecule has 7 nitrogen and oxygen atoms in total. The fourth-order valence-corrected chi connectivity index (χ4v) is 2.53. The molecular weight excluding hydrogens is 286 g/mol. The van der Waals surface area contributed by atoms with Crippen molar-refractivity contribution < 1.29 is 19.4 Å². The van der Waals surface area contributed by atoms with Crippen molar-refractivity contribution in [1.82, 2.24) is 9.78 Å². The summed E-state index contributed by atoms with van der Waals surface area (Å²) in [6.45, 7) is 6.36. The van der Waals surface area contributed by atoms with E-state index in [4.69, 9.17) is 9.84 Å². The lowest BCUT2D eigenvalue weighted by Crippen LogP contribution is -2.29. The van der Waals surface area contributed by atoms with Crippen LogP contribution in [0.2, 0.25) is 0 Å². The number of carbonyl (C=O) groups excluding carboxylic acids is 1. The Kier molecular flexibility index (Phi) is 4.85. The van der Waals surface area contributed by atoms with Gasteiger partial charge in [0.25, 0.3) is 0 Å². The van der Waals surface area contributed by atoms with E-state index in [9.17, 15) is 9.59 Å².